The number of nitro groups is 3. The van der Waals surface area contributed by atoms with Gasteiger partial charge in [-0.15, -0.1) is 0 Å². The summed E-state index contributed by atoms with van der Waals surface area (Å²) in [6, 6.07) is 6.30. The summed E-state index contributed by atoms with van der Waals surface area (Å²) in [5.41, 5.74) is -3.00. The molecule has 2 rings (SSSR count). The molecule has 0 bridgehead atoms. The van der Waals surface area contributed by atoms with Gasteiger partial charge in [-0.1, -0.05) is 17.7 Å². The summed E-state index contributed by atoms with van der Waals surface area (Å²) in [5.74, 6) is -1.21. The molecule has 2 aromatic rings. The molecule has 1 N–H and O–H groups in total. The number of nitrogens with zero attached hydrogens (tertiary/aromatic N) is 4. The summed E-state index contributed by atoms with van der Waals surface area (Å²) >= 11 is 5.43. The summed E-state index contributed by atoms with van der Waals surface area (Å²) in [7, 11) is 0. The molecule has 0 unspecified atom stereocenters. The van der Waals surface area contributed by atoms with Gasteiger partial charge in [0.1, 0.15) is 5.15 Å². The molecule has 11 nitrogen and oxygen atoms in total. The normalized spacial score (nSPS) is 9.43. The van der Waals surface area contributed by atoms with Crippen molar-refractivity contribution < 1.29 is 19.9 Å². The van der Waals surface area contributed by atoms with Crippen molar-refractivity contribution in [3.8, 4) is 5.75 Å². The first-order chi connectivity index (χ1) is 10.7. The topological polar surface area (TPSA) is 163 Å². The van der Waals surface area contributed by atoms with Gasteiger partial charge in [-0.05, 0) is 12.1 Å². The first kappa shape index (κ1) is 17.7. The minimum absolute atomic E-state index is 0.447. The number of aromatic hydroxyl groups is 1. The maximum absolute atomic E-state index is 10.4. The number of phenolic OH excluding ortho intramolecular Hbond substituents is 1. The van der Waals surface area contributed by atoms with Crippen molar-refractivity contribution in [2.45, 2.75) is 0 Å². The number of pyridine rings is 1. The Morgan fingerprint density at radius 1 is 0.957 bits per heavy atom. The second kappa shape index (κ2) is 7.61. The first-order valence-electron chi connectivity index (χ1n) is 5.60. The quantitative estimate of drug-likeness (QED) is 0.505. The fraction of sp³-hybridized carbons (Fsp3) is 0. The van der Waals surface area contributed by atoms with Crippen molar-refractivity contribution in [3.05, 3.63) is 72.0 Å². The number of halogens is 1. The van der Waals surface area contributed by atoms with E-state index >= 15 is 0 Å². The molecule has 0 atom stereocenters. The second-order valence-corrected chi connectivity index (χ2v) is 4.14. The Morgan fingerprint density at radius 3 is 1.74 bits per heavy atom. The monoisotopic (exact) mass is 342 g/mol. The number of aromatic nitrogens is 1. The van der Waals surface area contributed by atoms with Crippen LogP contribution in [0.15, 0.2) is 36.5 Å². The highest BCUT2D eigenvalue weighted by Crippen LogP contribution is 2.38. The Kier molecular flexibility index (Phi) is 5.86. The zero-order valence-corrected chi connectivity index (χ0v) is 11.8. The minimum Gasteiger partial charge on any atom is -0.497 e. The average Bonchev–Trinajstić information content (AvgIpc) is 2.48. The number of hydrogen-bond acceptors (Lipinski definition) is 8. The molecule has 1 aromatic carbocycles. The summed E-state index contributed by atoms with van der Waals surface area (Å²) in [5, 5.41) is 40.8. The Hall–Kier alpha value is -3.34. The number of phenols is 1. The second-order valence-electron chi connectivity index (χ2n) is 3.76. The first-order valence-corrected chi connectivity index (χ1v) is 5.98. The smallest absolute Gasteiger partial charge is 0.324 e. The number of non-ortho nitro benzene ring substituents is 1. The van der Waals surface area contributed by atoms with Gasteiger partial charge in [-0.2, -0.15) is 0 Å². The third kappa shape index (κ3) is 4.86. The van der Waals surface area contributed by atoms with Crippen molar-refractivity contribution in [1.82, 2.24) is 4.98 Å². The molecule has 0 aliphatic rings. The number of benzene rings is 1. The zero-order valence-electron chi connectivity index (χ0n) is 11.0. The molecule has 12 heteroatoms. The molecule has 0 spiro atoms. The van der Waals surface area contributed by atoms with E-state index in [1.165, 1.54) is 0 Å². The molecular weight excluding hydrogens is 336 g/mol. The molecule has 120 valence electrons. The highest BCUT2D eigenvalue weighted by atomic mass is 35.5. The van der Waals surface area contributed by atoms with Crippen LogP contribution < -0.4 is 0 Å². The van der Waals surface area contributed by atoms with Gasteiger partial charge in [-0.25, -0.2) is 4.98 Å². The predicted molar refractivity (Wildman–Crippen MR) is 77.3 cm³/mol. The van der Waals surface area contributed by atoms with Crippen LogP contribution in [0.25, 0.3) is 0 Å². The molecule has 0 amide bonds. The van der Waals surface area contributed by atoms with E-state index in [0.717, 1.165) is 0 Å². The Morgan fingerprint density at radius 2 is 1.48 bits per heavy atom. The van der Waals surface area contributed by atoms with E-state index in [1.54, 1.807) is 12.3 Å². The minimum atomic E-state index is -1.21. The van der Waals surface area contributed by atoms with E-state index in [0.29, 0.717) is 17.3 Å². The van der Waals surface area contributed by atoms with E-state index in [2.05, 4.69) is 4.98 Å². The van der Waals surface area contributed by atoms with Crippen LogP contribution in [0, 0.1) is 30.3 Å². The van der Waals surface area contributed by atoms with E-state index in [-0.39, 0.29) is 0 Å². The SMILES string of the molecule is Clc1ccccn1.O=[N+]([O-])c1cc([N+](=O)[O-])c(O)c([N+](=O)[O-])c1. The van der Waals surface area contributed by atoms with E-state index < -0.39 is 37.6 Å². The average molecular weight is 343 g/mol. The predicted octanol–water partition coefficient (Wildman–Crippen LogP) is 2.85. The standard InChI is InChI=1S/C6H3N3O7.C5H4ClN/c10-6-4(8(13)14)1-3(7(11)12)2-5(6)9(15)16;6-5-3-1-2-4-7-5/h1-2,10H;1-4H. The summed E-state index contributed by atoms with van der Waals surface area (Å²) in [6.45, 7) is 0. The fourth-order valence-corrected chi connectivity index (χ4v) is 1.44. The van der Waals surface area contributed by atoms with Crippen LogP contribution in [0.5, 0.6) is 5.75 Å². The lowest BCUT2D eigenvalue weighted by molar-refractivity contribution is -0.404. The molecule has 1 aromatic heterocycles. The number of hydrogen-bond donors (Lipinski definition) is 1. The summed E-state index contributed by atoms with van der Waals surface area (Å²) in [4.78, 5) is 31.5. The molecule has 1 heterocycles. The van der Waals surface area contributed by atoms with Crippen molar-refractivity contribution >= 4 is 28.7 Å². The lowest BCUT2D eigenvalue weighted by Crippen LogP contribution is -1.97. The summed E-state index contributed by atoms with van der Waals surface area (Å²) in [6.07, 6.45) is 1.66. The van der Waals surface area contributed by atoms with Crippen molar-refractivity contribution in [2.24, 2.45) is 0 Å². The maximum atomic E-state index is 10.4. The molecule has 23 heavy (non-hydrogen) atoms. The van der Waals surface area contributed by atoms with Gasteiger partial charge in [-0.3, -0.25) is 30.3 Å². The molecule has 0 aliphatic carbocycles. The van der Waals surface area contributed by atoms with Gasteiger partial charge in [0.25, 0.3) is 11.4 Å². The van der Waals surface area contributed by atoms with Crippen LogP contribution in [0.1, 0.15) is 0 Å². The van der Waals surface area contributed by atoms with Gasteiger partial charge in [0.2, 0.25) is 0 Å². The summed E-state index contributed by atoms with van der Waals surface area (Å²) < 4.78 is 0. The van der Waals surface area contributed by atoms with E-state index in [9.17, 15) is 30.3 Å². The number of nitro benzene ring substituents is 3. The van der Waals surface area contributed by atoms with E-state index in [1.807, 2.05) is 12.1 Å². The van der Waals surface area contributed by atoms with Crippen molar-refractivity contribution in [2.75, 3.05) is 0 Å². The largest absolute Gasteiger partial charge is 0.497 e. The molecule has 0 fully saturated rings. The van der Waals surface area contributed by atoms with Gasteiger partial charge >= 0.3 is 11.4 Å². The van der Waals surface area contributed by atoms with Crippen molar-refractivity contribution in [1.29, 1.82) is 0 Å². The molecular formula is C11H7ClN4O7. The lowest BCUT2D eigenvalue weighted by Gasteiger charge is -1.97. The molecule has 0 aliphatic heterocycles. The highest BCUT2D eigenvalue weighted by molar-refractivity contribution is 6.29. The molecule has 0 saturated heterocycles. The zero-order chi connectivity index (χ0) is 17.6. The maximum Gasteiger partial charge on any atom is 0.324 e. The number of rotatable bonds is 3. The van der Waals surface area contributed by atoms with Gasteiger partial charge in [0.05, 0.1) is 26.9 Å². The van der Waals surface area contributed by atoms with Crippen LogP contribution in [0.3, 0.4) is 0 Å². The highest BCUT2D eigenvalue weighted by Gasteiger charge is 2.30. The third-order valence-electron chi connectivity index (χ3n) is 2.29. The van der Waals surface area contributed by atoms with Gasteiger partial charge in [0.15, 0.2) is 0 Å². The van der Waals surface area contributed by atoms with Crippen LogP contribution in [-0.2, 0) is 0 Å². The van der Waals surface area contributed by atoms with Crippen LogP contribution >= 0.6 is 11.6 Å². The lowest BCUT2D eigenvalue weighted by atomic mass is 10.2. The van der Waals surface area contributed by atoms with Gasteiger partial charge in [0, 0.05) is 6.20 Å². The Balaban J connectivity index is 0.000000313. The van der Waals surface area contributed by atoms with Gasteiger partial charge < -0.3 is 5.11 Å². The molecule has 0 radical (unpaired) electrons. The van der Waals surface area contributed by atoms with E-state index in [4.69, 9.17) is 16.7 Å². The Bertz CT molecular complexity index is 718. The molecule has 0 saturated carbocycles. The van der Waals surface area contributed by atoms with Crippen LogP contribution in [-0.4, -0.2) is 24.9 Å². The van der Waals surface area contributed by atoms with Crippen LogP contribution in [0.4, 0.5) is 17.1 Å². The Labute approximate surface area is 132 Å². The fourth-order valence-electron chi connectivity index (χ4n) is 1.32. The van der Waals surface area contributed by atoms with Crippen LogP contribution in [0.2, 0.25) is 5.15 Å². The third-order valence-corrected chi connectivity index (χ3v) is 2.51. The van der Waals surface area contributed by atoms with Crippen molar-refractivity contribution in [3.63, 3.8) is 0 Å².